The second-order valence-corrected chi connectivity index (χ2v) is 6.02. The average molecular weight is 369 g/mol. The lowest BCUT2D eigenvalue weighted by atomic mass is 9.89. The largest absolute Gasteiger partial charge is 0.434 e. The lowest BCUT2D eigenvalue weighted by Crippen LogP contribution is -2.49. The highest BCUT2D eigenvalue weighted by molar-refractivity contribution is 5.68. The second-order valence-electron chi connectivity index (χ2n) is 6.02. The van der Waals surface area contributed by atoms with Crippen LogP contribution in [-0.2, 0) is 4.74 Å². The third-order valence-electron chi connectivity index (χ3n) is 4.08. The highest BCUT2D eigenvalue weighted by Gasteiger charge is 2.60. The zero-order chi connectivity index (χ0) is 18.8. The van der Waals surface area contributed by atoms with Gasteiger partial charge in [0.25, 0.3) is 6.10 Å². The van der Waals surface area contributed by atoms with Crippen molar-refractivity contribution < 1.29 is 35.9 Å². The molecule has 1 aromatic rings. The molecule has 3 nitrogen and oxygen atoms in total. The number of amides is 1. The molecule has 0 aliphatic carbocycles. The van der Waals surface area contributed by atoms with Crippen molar-refractivity contribution in [3.05, 3.63) is 35.4 Å². The van der Waals surface area contributed by atoms with Gasteiger partial charge in [0.15, 0.2) is 0 Å². The predicted octanol–water partition coefficient (Wildman–Crippen LogP) is 4.80. The van der Waals surface area contributed by atoms with E-state index in [-0.39, 0.29) is 19.0 Å². The van der Waals surface area contributed by atoms with Crippen LogP contribution < -0.4 is 0 Å². The number of hydrogen-bond acceptors (Lipinski definition) is 2. The zero-order valence-corrected chi connectivity index (χ0v) is 13.3. The Hall–Kier alpha value is -1.93. The molecule has 1 saturated heterocycles. The molecule has 1 aliphatic rings. The molecule has 2 rings (SSSR count). The smallest absolute Gasteiger partial charge is 0.426 e. The Morgan fingerprint density at radius 1 is 1.12 bits per heavy atom. The van der Waals surface area contributed by atoms with E-state index in [1.807, 2.05) is 31.2 Å². The van der Waals surface area contributed by atoms with Crippen LogP contribution in [0.2, 0.25) is 0 Å². The third kappa shape index (κ3) is 5.02. The monoisotopic (exact) mass is 369 g/mol. The summed E-state index contributed by atoms with van der Waals surface area (Å²) in [5.74, 6) is 0.102. The quantitative estimate of drug-likeness (QED) is 0.701. The number of rotatable bonds is 2. The predicted molar refractivity (Wildman–Crippen MR) is 77.1 cm³/mol. The van der Waals surface area contributed by atoms with Crippen LogP contribution in [0, 0.1) is 6.92 Å². The number of likely N-dealkylation sites (tertiary alicyclic amines) is 1. The number of hydrogen-bond donors (Lipinski definition) is 0. The van der Waals surface area contributed by atoms with Gasteiger partial charge < -0.3 is 9.64 Å². The van der Waals surface area contributed by atoms with E-state index in [1.54, 1.807) is 0 Å². The molecule has 0 unspecified atom stereocenters. The van der Waals surface area contributed by atoms with Gasteiger partial charge in [-0.1, -0.05) is 29.8 Å². The Morgan fingerprint density at radius 2 is 1.68 bits per heavy atom. The molecule has 1 heterocycles. The van der Waals surface area contributed by atoms with Crippen molar-refractivity contribution in [2.45, 2.75) is 44.1 Å². The normalized spacial score (nSPS) is 17.0. The van der Waals surface area contributed by atoms with Gasteiger partial charge in [-0.3, -0.25) is 0 Å². The Bertz CT molecular complexity index is 591. The number of benzene rings is 1. The fraction of sp³-hybridized carbons (Fsp3) is 0.562. The van der Waals surface area contributed by atoms with Gasteiger partial charge in [0.2, 0.25) is 0 Å². The highest BCUT2D eigenvalue weighted by Crippen LogP contribution is 2.36. The Labute approximate surface area is 140 Å². The summed E-state index contributed by atoms with van der Waals surface area (Å²) in [6.07, 6.45) is -16.2. The lowest BCUT2D eigenvalue weighted by molar-refractivity contribution is -0.308. The molecule has 1 amide bonds. The van der Waals surface area contributed by atoms with Crippen LogP contribution in [0.25, 0.3) is 0 Å². The summed E-state index contributed by atoms with van der Waals surface area (Å²) >= 11 is 0. The molecule has 0 bridgehead atoms. The van der Waals surface area contributed by atoms with Crippen LogP contribution >= 0.6 is 0 Å². The van der Waals surface area contributed by atoms with Crippen LogP contribution in [0.3, 0.4) is 0 Å². The van der Waals surface area contributed by atoms with E-state index in [2.05, 4.69) is 4.74 Å². The first-order valence-electron chi connectivity index (χ1n) is 7.64. The maximum absolute atomic E-state index is 12.4. The van der Waals surface area contributed by atoms with Crippen molar-refractivity contribution in [2.24, 2.45) is 0 Å². The summed E-state index contributed by atoms with van der Waals surface area (Å²) in [5, 5.41) is 0. The van der Waals surface area contributed by atoms with Crippen LogP contribution in [0.5, 0.6) is 0 Å². The maximum atomic E-state index is 12.4. The lowest BCUT2D eigenvalue weighted by Gasteiger charge is -2.33. The summed E-state index contributed by atoms with van der Waals surface area (Å²) in [6, 6.07) is 7.68. The van der Waals surface area contributed by atoms with Gasteiger partial charge in [-0.25, -0.2) is 4.79 Å². The minimum absolute atomic E-state index is 0.0415. The van der Waals surface area contributed by atoms with Crippen molar-refractivity contribution in [1.29, 1.82) is 0 Å². The molecule has 0 spiro atoms. The number of piperidine rings is 1. The number of alkyl halides is 6. The van der Waals surface area contributed by atoms with Gasteiger partial charge in [0.05, 0.1) is 0 Å². The molecule has 1 aliphatic heterocycles. The molecule has 1 fully saturated rings. The standard InChI is InChI=1S/C16H17F6NO2/c1-10-3-2-4-12(9-10)11-5-7-23(8-6-11)14(24)25-13(15(17,18)19)16(20,21)22/h2-4,9,11,13H,5-8H2,1H3. The van der Waals surface area contributed by atoms with Gasteiger partial charge in [-0.15, -0.1) is 0 Å². The first-order chi connectivity index (χ1) is 11.5. The van der Waals surface area contributed by atoms with E-state index in [0.717, 1.165) is 16.0 Å². The van der Waals surface area contributed by atoms with Gasteiger partial charge in [0.1, 0.15) is 0 Å². The third-order valence-corrected chi connectivity index (χ3v) is 4.08. The summed E-state index contributed by atoms with van der Waals surface area (Å²) in [5.41, 5.74) is 2.09. The summed E-state index contributed by atoms with van der Waals surface area (Å²) < 4.78 is 78.4. The topological polar surface area (TPSA) is 29.5 Å². The molecule has 0 N–H and O–H groups in total. The molecule has 9 heteroatoms. The van der Waals surface area contributed by atoms with Gasteiger partial charge in [-0.2, -0.15) is 26.3 Å². The van der Waals surface area contributed by atoms with Gasteiger partial charge >= 0.3 is 18.4 Å². The Kier molecular flexibility index (Phi) is 5.53. The number of carbonyl (C=O) groups is 1. The van der Waals surface area contributed by atoms with Gasteiger partial charge in [-0.05, 0) is 31.2 Å². The minimum Gasteiger partial charge on any atom is -0.426 e. The number of nitrogens with zero attached hydrogens (tertiary/aromatic N) is 1. The number of halogens is 6. The van der Waals surface area contributed by atoms with Gasteiger partial charge in [0, 0.05) is 13.1 Å². The van der Waals surface area contributed by atoms with Crippen LogP contribution in [0.4, 0.5) is 31.1 Å². The fourth-order valence-electron chi connectivity index (χ4n) is 2.81. The van der Waals surface area contributed by atoms with Crippen molar-refractivity contribution in [3.63, 3.8) is 0 Å². The molecule has 1 aromatic carbocycles. The van der Waals surface area contributed by atoms with E-state index in [4.69, 9.17) is 0 Å². The van der Waals surface area contributed by atoms with Crippen LogP contribution in [-0.4, -0.2) is 42.5 Å². The molecule has 140 valence electrons. The maximum Gasteiger partial charge on any atom is 0.434 e. The van der Waals surface area contributed by atoms with E-state index >= 15 is 0 Å². The number of ether oxygens (including phenoxy) is 1. The molecular weight excluding hydrogens is 352 g/mol. The van der Waals surface area contributed by atoms with Crippen molar-refractivity contribution in [3.8, 4) is 0 Å². The molecular formula is C16H17F6NO2. The number of aryl methyl sites for hydroxylation is 1. The average Bonchev–Trinajstić information content (AvgIpc) is 2.50. The van der Waals surface area contributed by atoms with Crippen molar-refractivity contribution >= 4 is 6.09 Å². The molecule has 0 radical (unpaired) electrons. The second kappa shape index (κ2) is 7.13. The van der Waals surface area contributed by atoms with E-state index < -0.39 is 24.5 Å². The summed E-state index contributed by atoms with van der Waals surface area (Å²) in [6.45, 7) is 2.00. The first kappa shape index (κ1) is 19.4. The van der Waals surface area contributed by atoms with E-state index in [1.165, 1.54) is 0 Å². The van der Waals surface area contributed by atoms with E-state index in [0.29, 0.717) is 12.8 Å². The molecule has 25 heavy (non-hydrogen) atoms. The van der Waals surface area contributed by atoms with Crippen LogP contribution in [0.15, 0.2) is 24.3 Å². The minimum atomic E-state index is -5.70. The SMILES string of the molecule is Cc1cccc(C2CCN(C(=O)OC(C(F)(F)F)C(F)(F)F)CC2)c1. The summed E-state index contributed by atoms with van der Waals surface area (Å²) in [4.78, 5) is 12.6. The van der Waals surface area contributed by atoms with Crippen molar-refractivity contribution in [1.82, 2.24) is 4.90 Å². The molecule has 0 atom stereocenters. The van der Waals surface area contributed by atoms with Crippen molar-refractivity contribution in [2.75, 3.05) is 13.1 Å². The highest BCUT2D eigenvalue weighted by atomic mass is 19.4. The summed E-state index contributed by atoms with van der Waals surface area (Å²) in [7, 11) is 0. The number of carbonyl (C=O) groups excluding carboxylic acids is 1. The van der Waals surface area contributed by atoms with E-state index in [9.17, 15) is 31.1 Å². The molecule has 0 aromatic heterocycles. The fourth-order valence-corrected chi connectivity index (χ4v) is 2.81. The zero-order valence-electron chi connectivity index (χ0n) is 13.3. The Balaban J connectivity index is 1.97. The molecule has 0 saturated carbocycles. The first-order valence-corrected chi connectivity index (χ1v) is 7.64. The Morgan fingerprint density at radius 3 is 2.16 bits per heavy atom. The van der Waals surface area contributed by atoms with Crippen LogP contribution in [0.1, 0.15) is 29.9 Å².